The van der Waals surface area contributed by atoms with E-state index in [1.807, 2.05) is 6.92 Å². The molecule has 0 bridgehead atoms. The average Bonchev–Trinajstić information content (AvgIpc) is 2.19. The van der Waals surface area contributed by atoms with E-state index in [1.165, 1.54) is 6.07 Å². The van der Waals surface area contributed by atoms with Crippen LogP contribution in [0.2, 0.25) is 0 Å². The van der Waals surface area contributed by atoms with Gasteiger partial charge in [0, 0.05) is 12.2 Å². The van der Waals surface area contributed by atoms with Gasteiger partial charge in [0.05, 0.1) is 4.90 Å². The molecule has 0 spiro atoms. The van der Waals surface area contributed by atoms with Crippen LogP contribution in [0.4, 0.5) is 18.9 Å². The Kier molecular flexibility index (Phi) is 3.71. The minimum atomic E-state index is -5.26. The summed E-state index contributed by atoms with van der Waals surface area (Å²) in [6.07, 6.45) is 0. The van der Waals surface area contributed by atoms with Gasteiger partial charge in [0.15, 0.2) is 0 Å². The second kappa shape index (κ2) is 4.56. The lowest BCUT2D eigenvalue weighted by Gasteiger charge is -2.11. The number of aryl methyl sites for hydroxylation is 1. The summed E-state index contributed by atoms with van der Waals surface area (Å²) in [5, 5.41) is 2.92. The molecule has 1 N–H and O–H groups in total. The summed E-state index contributed by atoms with van der Waals surface area (Å²) in [6.45, 7) is 3.99. The maximum absolute atomic E-state index is 12.3. The third-order valence-electron chi connectivity index (χ3n) is 2.18. The molecule has 3 nitrogen and oxygen atoms in total. The summed E-state index contributed by atoms with van der Waals surface area (Å²) in [7, 11) is -5.26. The first-order valence-corrected chi connectivity index (χ1v) is 6.34. The molecular weight excluding hydrogens is 255 g/mol. The molecule has 0 radical (unpaired) electrons. The van der Waals surface area contributed by atoms with E-state index in [9.17, 15) is 21.6 Å². The largest absolute Gasteiger partial charge is 0.501 e. The number of hydrogen-bond acceptors (Lipinski definition) is 3. The van der Waals surface area contributed by atoms with Crippen molar-refractivity contribution in [2.75, 3.05) is 11.9 Å². The highest BCUT2D eigenvalue weighted by Gasteiger charge is 2.46. The van der Waals surface area contributed by atoms with Gasteiger partial charge in [-0.15, -0.1) is 0 Å². The number of alkyl halides is 3. The number of rotatable bonds is 3. The summed E-state index contributed by atoms with van der Waals surface area (Å²) in [5.41, 5.74) is -4.19. The van der Waals surface area contributed by atoms with Crippen molar-refractivity contribution in [3.8, 4) is 0 Å². The molecule has 7 heteroatoms. The minimum absolute atomic E-state index is 0.456. The second-order valence-corrected chi connectivity index (χ2v) is 5.40. The normalized spacial score (nSPS) is 12.5. The van der Waals surface area contributed by atoms with Gasteiger partial charge in [-0.1, -0.05) is 0 Å². The van der Waals surface area contributed by atoms with Gasteiger partial charge in [0.2, 0.25) is 0 Å². The lowest BCUT2D eigenvalue weighted by Crippen LogP contribution is -2.23. The van der Waals surface area contributed by atoms with Crippen molar-refractivity contribution in [1.29, 1.82) is 0 Å². The first-order chi connectivity index (χ1) is 7.70. The number of sulfone groups is 1. The topological polar surface area (TPSA) is 46.2 Å². The summed E-state index contributed by atoms with van der Waals surface area (Å²) in [6, 6.07) is 3.30. The first-order valence-electron chi connectivity index (χ1n) is 4.86. The fourth-order valence-corrected chi connectivity index (χ4v) is 2.17. The minimum Gasteiger partial charge on any atom is -0.385 e. The lowest BCUT2D eigenvalue weighted by molar-refractivity contribution is -0.0436. The van der Waals surface area contributed by atoms with Crippen molar-refractivity contribution in [1.82, 2.24) is 0 Å². The van der Waals surface area contributed by atoms with Crippen molar-refractivity contribution in [3.63, 3.8) is 0 Å². The summed E-state index contributed by atoms with van der Waals surface area (Å²) < 4.78 is 59.1. The molecular formula is C10H12F3NO2S. The molecule has 0 aromatic heterocycles. The molecule has 1 aromatic rings. The third kappa shape index (κ3) is 2.71. The van der Waals surface area contributed by atoms with E-state index < -0.39 is 20.2 Å². The maximum Gasteiger partial charge on any atom is 0.501 e. The van der Waals surface area contributed by atoms with Crippen LogP contribution in [0.25, 0.3) is 0 Å². The van der Waals surface area contributed by atoms with Crippen LogP contribution in [0.5, 0.6) is 0 Å². The van der Waals surface area contributed by atoms with Crippen LogP contribution < -0.4 is 5.32 Å². The second-order valence-electron chi connectivity index (χ2n) is 3.46. The van der Waals surface area contributed by atoms with E-state index in [4.69, 9.17) is 0 Å². The number of nitrogens with one attached hydrogen (secondary N) is 1. The van der Waals surface area contributed by atoms with Crippen molar-refractivity contribution in [3.05, 3.63) is 23.8 Å². The molecule has 0 amide bonds. The van der Waals surface area contributed by atoms with Gasteiger partial charge in [-0.2, -0.15) is 13.2 Å². The molecule has 0 aliphatic heterocycles. The number of hydrogen-bond donors (Lipinski definition) is 1. The Morgan fingerprint density at radius 2 is 1.88 bits per heavy atom. The zero-order valence-electron chi connectivity index (χ0n) is 9.30. The van der Waals surface area contributed by atoms with Crippen LogP contribution in [-0.2, 0) is 9.84 Å². The predicted octanol–water partition coefficient (Wildman–Crippen LogP) is 2.72. The molecule has 0 aliphatic rings. The molecule has 0 fully saturated rings. The van der Waals surface area contributed by atoms with Crippen LogP contribution in [0.15, 0.2) is 23.1 Å². The highest BCUT2D eigenvalue weighted by atomic mass is 32.2. The Bertz CT molecular complexity index is 509. The Labute approximate surface area is 97.6 Å². The zero-order chi connectivity index (χ0) is 13.3. The van der Waals surface area contributed by atoms with Crippen molar-refractivity contribution < 1.29 is 21.6 Å². The average molecular weight is 267 g/mol. The molecule has 0 unspecified atom stereocenters. The Morgan fingerprint density at radius 1 is 1.29 bits per heavy atom. The highest BCUT2D eigenvalue weighted by molar-refractivity contribution is 7.92. The molecule has 0 atom stereocenters. The van der Waals surface area contributed by atoms with E-state index in [1.54, 1.807) is 6.92 Å². The Hall–Kier alpha value is -1.24. The van der Waals surface area contributed by atoms with E-state index in [0.717, 1.165) is 12.1 Å². The maximum atomic E-state index is 12.3. The molecule has 0 heterocycles. The van der Waals surface area contributed by atoms with Gasteiger partial charge in [-0.3, -0.25) is 0 Å². The monoisotopic (exact) mass is 267 g/mol. The smallest absolute Gasteiger partial charge is 0.385 e. The molecule has 1 rings (SSSR count). The van der Waals surface area contributed by atoms with E-state index in [-0.39, 0.29) is 0 Å². The van der Waals surface area contributed by atoms with Gasteiger partial charge in [-0.25, -0.2) is 8.42 Å². The highest BCUT2D eigenvalue weighted by Crippen LogP contribution is 2.31. The Balaban J connectivity index is 3.24. The number of benzene rings is 1. The Morgan fingerprint density at radius 3 is 2.29 bits per heavy atom. The molecule has 96 valence electrons. The van der Waals surface area contributed by atoms with Crippen LogP contribution in [0.1, 0.15) is 12.5 Å². The summed E-state index contributed by atoms with van der Waals surface area (Å²) in [4.78, 5) is -0.732. The molecule has 17 heavy (non-hydrogen) atoms. The van der Waals surface area contributed by atoms with Gasteiger partial charge in [-0.05, 0) is 37.6 Å². The van der Waals surface area contributed by atoms with E-state index in [0.29, 0.717) is 17.8 Å². The van der Waals surface area contributed by atoms with Crippen molar-refractivity contribution in [2.45, 2.75) is 24.3 Å². The fraction of sp³-hybridized carbons (Fsp3) is 0.400. The predicted molar refractivity (Wildman–Crippen MR) is 58.6 cm³/mol. The molecule has 0 saturated carbocycles. The van der Waals surface area contributed by atoms with Crippen LogP contribution in [-0.4, -0.2) is 20.5 Å². The SMILES string of the molecule is CCNc1ccc(S(=O)(=O)C(F)(F)F)cc1C. The zero-order valence-corrected chi connectivity index (χ0v) is 10.1. The molecule has 0 aliphatic carbocycles. The van der Waals surface area contributed by atoms with Crippen molar-refractivity contribution in [2.24, 2.45) is 0 Å². The summed E-state index contributed by atoms with van der Waals surface area (Å²) in [5.74, 6) is 0. The number of halogens is 3. The van der Waals surface area contributed by atoms with Crippen molar-refractivity contribution >= 4 is 15.5 Å². The first kappa shape index (κ1) is 13.8. The van der Waals surface area contributed by atoms with Gasteiger partial charge >= 0.3 is 5.51 Å². The molecule has 1 aromatic carbocycles. The van der Waals surface area contributed by atoms with E-state index in [2.05, 4.69) is 5.32 Å². The fourth-order valence-electron chi connectivity index (χ4n) is 1.33. The van der Waals surface area contributed by atoms with Crippen LogP contribution in [0.3, 0.4) is 0 Å². The number of anilines is 1. The summed E-state index contributed by atoms with van der Waals surface area (Å²) >= 11 is 0. The van der Waals surface area contributed by atoms with E-state index >= 15 is 0 Å². The molecule has 0 saturated heterocycles. The van der Waals surface area contributed by atoms with Gasteiger partial charge in [0.1, 0.15) is 0 Å². The lowest BCUT2D eigenvalue weighted by atomic mass is 10.2. The standard InChI is InChI=1S/C10H12F3NO2S/c1-3-14-9-5-4-8(6-7(9)2)17(15,16)10(11,12)13/h4-6,14H,3H2,1-2H3. The van der Waals surface area contributed by atoms with Crippen LogP contribution in [0, 0.1) is 6.92 Å². The van der Waals surface area contributed by atoms with Gasteiger partial charge in [0.25, 0.3) is 9.84 Å². The quantitative estimate of drug-likeness (QED) is 0.916. The van der Waals surface area contributed by atoms with Gasteiger partial charge < -0.3 is 5.32 Å². The third-order valence-corrected chi connectivity index (χ3v) is 3.66. The van der Waals surface area contributed by atoms with Crippen LogP contribution >= 0.6 is 0 Å².